The lowest BCUT2D eigenvalue weighted by Gasteiger charge is -2.33. The minimum atomic E-state index is -0.305. The third-order valence-electron chi connectivity index (χ3n) is 6.47. The van der Waals surface area contributed by atoms with E-state index in [1.54, 1.807) is 0 Å². The van der Waals surface area contributed by atoms with Gasteiger partial charge in [-0.2, -0.15) is 0 Å². The van der Waals surface area contributed by atoms with Crippen molar-refractivity contribution in [3.63, 3.8) is 0 Å². The largest absolute Gasteiger partial charge is 0.395 e. The zero-order chi connectivity index (χ0) is 23.0. The predicted octanol–water partition coefficient (Wildman–Crippen LogP) is 4.68. The van der Waals surface area contributed by atoms with E-state index in [0.29, 0.717) is 13.1 Å². The van der Waals surface area contributed by atoms with Crippen molar-refractivity contribution >= 4 is 11.4 Å². The molecule has 32 heavy (non-hydrogen) atoms. The molecular weight excluding hydrogens is 396 g/mol. The molecule has 0 saturated heterocycles. The van der Waals surface area contributed by atoms with E-state index in [9.17, 15) is 10.2 Å². The quantitative estimate of drug-likeness (QED) is 0.432. The SMILES string of the molecule is CCN(CCO)c1ccc(C(C)(c2ccccc2)c2ccc(N(CC)CCO)cc2)cc1. The van der Waals surface area contributed by atoms with Crippen LogP contribution < -0.4 is 9.80 Å². The van der Waals surface area contributed by atoms with Gasteiger partial charge in [0.25, 0.3) is 0 Å². The molecule has 0 bridgehead atoms. The Kier molecular flexibility index (Phi) is 8.32. The van der Waals surface area contributed by atoms with Gasteiger partial charge in [-0.1, -0.05) is 54.6 Å². The van der Waals surface area contributed by atoms with Gasteiger partial charge in [0.2, 0.25) is 0 Å². The van der Waals surface area contributed by atoms with Gasteiger partial charge >= 0.3 is 0 Å². The van der Waals surface area contributed by atoms with Gasteiger partial charge in [0.1, 0.15) is 0 Å². The summed E-state index contributed by atoms with van der Waals surface area (Å²) in [5, 5.41) is 18.7. The van der Waals surface area contributed by atoms with Crippen molar-refractivity contribution in [1.82, 2.24) is 0 Å². The second kappa shape index (κ2) is 11.2. The molecule has 0 radical (unpaired) electrons. The summed E-state index contributed by atoms with van der Waals surface area (Å²) in [6, 6.07) is 28.1. The van der Waals surface area contributed by atoms with Gasteiger partial charge < -0.3 is 20.0 Å². The number of benzene rings is 3. The minimum absolute atomic E-state index is 0.148. The predicted molar refractivity (Wildman–Crippen MR) is 135 cm³/mol. The standard InChI is InChI=1S/C28H36N2O2/c1-4-29(19-21-31)26-15-11-24(12-16-26)28(3,23-9-7-6-8-10-23)25-13-17-27(18-14-25)30(5-2)20-22-32/h6-18,31-32H,4-5,19-22H2,1-3H3. The van der Waals surface area contributed by atoms with E-state index in [2.05, 4.69) is 109 Å². The molecular formula is C28H36N2O2. The van der Waals surface area contributed by atoms with Crippen molar-refractivity contribution < 1.29 is 10.2 Å². The van der Waals surface area contributed by atoms with Gasteiger partial charge in [-0.3, -0.25) is 0 Å². The molecule has 4 heteroatoms. The topological polar surface area (TPSA) is 46.9 Å². The Morgan fingerprint density at radius 1 is 0.594 bits per heavy atom. The summed E-state index contributed by atoms with van der Waals surface area (Å²) in [6.07, 6.45) is 0. The summed E-state index contributed by atoms with van der Waals surface area (Å²) >= 11 is 0. The molecule has 0 amide bonds. The summed E-state index contributed by atoms with van der Waals surface area (Å²) in [6.45, 7) is 9.78. The van der Waals surface area contributed by atoms with Gasteiger partial charge in [-0.05, 0) is 61.7 Å². The Morgan fingerprint density at radius 3 is 1.31 bits per heavy atom. The normalized spacial score (nSPS) is 11.4. The first kappa shape index (κ1) is 23.8. The van der Waals surface area contributed by atoms with Crippen LogP contribution in [0.15, 0.2) is 78.9 Å². The molecule has 0 atom stereocenters. The van der Waals surface area contributed by atoms with Crippen LogP contribution in [0.2, 0.25) is 0 Å². The third-order valence-corrected chi connectivity index (χ3v) is 6.47. The molecule has 0 aromatic heterocycles. The lowest BCUT2D eigenvalue weighted by molar-refractivity contribution is 0.302. The van der Waals surface area contributed by atoms with Crippen LogP contribution in [0.1, 0.15) is 37.5 Å². The molecule has 0 unspecified atom stereocenters. The zero-order valence-corrected chi connectivity index (χ0v) is 19.5. The number of likely N-dealkylation sites (N-methyl/N-ethyl adjacent to an activating group) is 2. The highest BCUT2D eigenvalue weighted by molar-refractivity contribution is 5.57. The monoisotopic (exact) mass is 432 g/mol. The first-order valence-electron chi connectivity index (χ1n) is 11.6. The number of anilines is 2. The number of aliphatic hydroxyl groups excluding tert-OH is 2. The lowest BCUT2D eigenvalue weighted by Crippen LogP contribution is -2.28. The van der Waals surface area contributed by atoms with Gasteiger partial charge in [0.05, 0.1) is 13.2 Å². The first-order chi connectivity index (χ1) is 15.6. The highest BCUT2D eigenvalue weighted by Gasteiger charge is 2.31. The van der Waals surface area contributed by atoms with E-state index in [0.717, 1.165) is 24.5 Å². The van der Waals surface area contributed by atoms with Crippen LogP contribution in [0.4, 0.5) is 11.4 Å². The van der Waals surface area contributed by atoms with E-state index < -0.39 is 0 Å². The average Bonchev–Trinajstić information content (AvgIpc) is 2.86. The highest BCUT2D eigenvalue weighted by atomic mass is 16.3. The Bertz CT molecular complexity index is 882. The van der Waals surface area contributed by atoms with Crippen LogP contribution in [0, 0.1) is 0 Å². The van der Waals surface area contributed by atoms with Crippen molar-refractivity contribution in [2.45, 2.75) is 26.2 Å². The second-order valence-corrected chi connectivity index (χ2v) is 8.19. The van der Waals surface area contributed by atoms with Crippen LogP contribution in [0.3, 0.4) is 0 Å². The maximum atomic E-state index is 9.36. The molecule has 0 fully saturated rings. The van der Waals surface area contributed by atoms with Crippen molar-refractivity contribution in [3.8, 4) is 0 Å². The first-order valence-corrected chi connectivity index (χ1v) is 11.6. The maximum Gasteiger partial charge on any atom is 0.0606 e. The van der Waals surface area contributed by atoms with Crippen LogP contribution in [-0.2, 0) is 5.41 Å². The second-order valence-electron chi connectivity index (χ2n) is 8.19. The van der Waals surface area contributed by atoms with E-state index in [-0.39, 0.29) is 18.6 Å². The number of nitrogens with zero attached hydrogens (tertiary/aromatic N) is 2. The van der Waals surface area contributed by atoms with Gasteiger partial charge in [-0.25, -0.2) is 0 Å². The Hall–Kier alpha value is -2.82. The van der Waals surface area contributed by atoms with E-state index in [1.807, 2.05) is 0 Å². The fourth-order valence-corrected chi connectivity index (χ4v) is 4.46. The van der Waals surface area contributed by atoms with Gasteiger partial charge in [0.15, 0.2) is 0 Å². The molecule has 0 aliphatic heterocycles. The number of hydrogen-bond donors (Lipinski definition) is 2. The smallest absolute Gasteiger partial charge is 0.0606 e. The molecule has 0 saturated carbocycles. The Morgan fingerprint density at radius 2 is 0.969 bits per heavy atom. The molecule has 3 aromatic carbocycles. The molecule has 170 valence electrons. The lowest BCUT2D eigenvalue weighted by atomic mass is 9.71. The van der Waals surface area contributed by atoms with Crippen molar-refractivity contribution in [2.75, 3.05) is 49.2 Å². The summed E-state index contributed by atoms with van der Waals surface area (Å²) in [5.74, 6) is 0. The summed E-state index contributed by atoms with van der Waals surface area (Å²) < 4.78 is 0. The number of rotatable bonds is 11. The zero-order valence-electron chi connectivity index (χ0n) is 19.5. The van der Waals surface area contributed by atoms with Crippen LogP contribution >= 0.6 is 0 Å². The van der Waals surface area contributed by atoms with Gasteiger partial charge in [0, 0.05) is 43.0 Å². The summed E-state index contributed by atoms with van der Waals surface area (Å²) in [5.41, 5.74) is 5.63. The molecule has 3 rings (SSSR count). The molecule has 3 aromatic rings. The minimum Gasteiger partial charge on any atom is -0.395 e. The summed E-state index contributed by atoms with van der Waals surface area (Å²) in [7, 11) is 0. The fourth-order valence-electron chi connectivity index (χ4n) is 4.46. The summed E-state index contributed by atoms with van der Waals surface area (Å²) in [4.78, 5) is 4.36. The molecule has 4 nitrogen and oxygen atoms in total. The highest BCUT2D eigenvalue weighted by Crippen LogP contribution is 2.40. The van der Waals surface area contributed by atoms with E-state index in [1.165, 1.54) is 16.7 Å². The van der Waals surface area contributed by atoms with E-state index in [4.69, 9.17) is 0 Å². The molecule has 0 aliphatic carbocycles. The molecule has 0 spiro atoms. The van der Waals surface area contributed by atoms with Gasteiger partial charge in [-0.15, -0.1) is 0 Å². The average molecular weight is 433 g/mol. The van der Waals surface area contributed by atoms with E-state index >= 15 is 0 Å². The number of aliphatic hydroxyl groups is 2. The van der Waals surface area contributed by atoms with Crippen molar-refractivity contribution in [1.29, 1.82) is 0 Å². The van der Waals surface area contributed by atoms with Crippen LogP contribution in [0.25, 0.3) is 0 Å². The third kappa shape index (κ3) is 4.98. The van der Waals surface area contributed by atoms with Crippen LogP contribution in [0.5, 0.6) is 0 Å². The molecule has 0 heterocycles. The molecule has 0 aliphatic rings. The number of hydrogen-bond acceptors (Lipinski definition) is 4. The van der Waals surface area contributed by atoms with Crippen LogP contribution in [-0.4, -0.2) is 49.6 Å². The fraction of sp³-hybridized carbons (Fsp3) is 0.357. The molecule has 2 N–H and O–H groups in total. The van der Waals surface area contributed by atoms with Crippen molar-refractivity contribution in [3.05, 3.63) is 95.6 Å². The Balaban J connectivity index is 2.03. The van der Waals surface area contributed by atoms with Crippen molar-refractivity contribution in [2.24, 2.45) is 0 Å². The maximum absolute atomic E-state index is 9.36. The Labute approximate surface area is 192 Å².